The molecule has 0 spiro atoms. The average Bonchev–Trinajstić information content (AvgIpc) is 2.60. The van der Waals surface area contributed by atoms with Gasteiger partial charge in [0.1, 0.15) is 10.7 Å². The first-order valence-corrected chi connectivity index (χ1v) is 7.10. The van der Waals surface area contributed by atoms with Gasteiger partial charge in [0, 0.05) is 11.0 Å². The van der Waals surface area contributed by atoms with Gasteiger partial charge in [-0.05, 0) is 16.9 Å². The molecule has 2 rings (SSSR count). The minimum atomic E-state index is -0.0888. The zero-order valence-electron chi connectivity index (χ0n) is 11.6. The second-order valence-corrected chi connectivity index (χ2v) is 7.69. The molecule has 98 valence electrons. The molecule has 0 amide bonds. The molecule has 0 N–H and O–H groups in total. The van der Waals surface area contributed by atoms with Gasteiger partial charge < -0.3 is 0 Å². The van der Waals surface area contributed by atoms with Crippen molar-refractivity contribution in [2.24, 2.45) is 0 Å². The standard InChI is InChI=1S/C13H18ClN3S/c1-12(2,3)7-8-9(18-17-16-8)10(13(4,5)6)15-11(7)14/h1-6H3. The molecule has 0 radical (unpaired) electrons. The molecule has 0 aliphatic heterocycles. The van der Waals surface area contributed by atoms with Gasteiger partial charge in [0.2, 0.25) is 0 Å². The molecule has 0 bridgehead atoms. The Morgan fingerprint density at radius 3 is 2.11 bits per heavy atom. The fourth-order valence-corrected chi connectivity index (χ4v) is 3.31. The minimum Gasteiger partial charge on any atom is -0.239 e. The second kappa shape index (κ2) is 4.14. The summed E-state index contributed by atoms with van der Waals surface area (Å²) in [7, 11) is 0. The maximum Gasteiger partial charge on any atom is 0.135 e. The lowest BCUT2D eigenvalue weighted by Gasteiger charge is -2.24. The van der Waals surface area contributed by atoms with Crippen molar-refractivity contribution in [2.75, 3.05) is 0 Å². The summed E-state index contributed by atoms with van der Waals surface area (Å²) in [4.78, 5) is 4.61. The summed E-state index contributed by atoms with van der Waals surface area (Å²) in [5.41, 5.74) is 2.71. The Balaban J connectivity index is 2.87. The highest BCUT2D eigenvalue weighted by Crippen LogP contribution is 2.39. The smallest absolute Gasteiger partial charge is 0.135 e. The van der Waals surface area contributed by atoms with Crippen molar-refractivity contribution < 1.29 is 0 Å². The van der Waals surface area contributed by atoms with Crippen LogP contribution >= 0.6 is 23.1 Å². The third-order valence-corrected chi connectivity index (χ3v) is 3.82. The van der Waals surface area contributed by atoms with E-state index in [2.05, 4.69) is 56.1 Å². The third kappa shape index (κ3) is 2.24. The maximum absolute atomic E-state index is 6.38. The predicted octanol–water partition coefficient (Wildman–Crippen LogP) is 4.33. The average molecular weight is 284 g/mol. The highest BCUT2D eigenvalue weighted by atomic mass is 35.5. The Hall–Kier alpha value is -0.740. The van der Waals surface area contributed by atoms with Gasteiger partial charge in [0.15, 0.2) is 0 Å². The molecule has 2 aromatic rings. The summed E-state index contributed by atoms with van der Waals surface area (Å²) in [6.45, 7) is 12.7. The van der Waals surface area contributed by atoms with E-state index in [0.29, 0.717) is 5.15 Å². The van der Waals surface area contributed by atoms with Crippen LogP contribution in [0.5, 0.6) is 0 Å². The predicted molar refractivity (Wildman–Crippen MR) is 77.6 cm³/mol. The van der Waals surface area contributed by atoms with Gasteiger partial charge >= 0.3 is 0 Å². The van der Waals surface area contributed by atoms with Gasteiger partial charge in [0.25, 0.3) is 0 Å². The molecule has 0 aromatic carbocycles. The molecule has 5 heteroatoms. The number of fused-ring (bicyclic) bond motifs is 1. The van der Waals surface area contributed by atoms with E-state index in [0.717, 1.165) is 21.5 Å². The van der Waals surface area contributed by atoms with Gasteiger partial charge in [-0.3, -0.25) is 0 Å². The number of nitrogens with zero attached hydrogens (tertiary/aromatic N) is 3. The molecular formula is C13H18ClN3S. The summed E-state index contributed by atoms with van der Waals surface area (Å²) in [6, 6.07) is 0. The van der Waals surface area contributed by atoms with Crippen LogP contribution in [-0.2, 0) is 10.8 Å². The SMILES string of the molecule is CC(C)(C)c1c(Cl)nc(C(C)(C)C)c2snnc12. The van der Waals surface area contributed by atoms with Crippen molar-refractivity contribution in [3.8, 4) is 0 Å². The van der Waals surface area contributed by atoms with Crippen LogP contribution in [0.1, 0.15) is 52.8 Å². The summed E-state index contributed by atoms with van der Waals surface area (Å²) >= 11 is 7.78. The van der Waals surface area contributed by atoms with Crippen LogP contribution in [0.2, 0.25) is 5.15 Å². The topological polar surface area (TPSA) is 38.7 Å². The summed E-state index contributed by atoms with van der Waals surface area (Å²) in [5, 5.41) is 4.81. The lowest BCUT2D eigenvalue weighted by Crippen LogP contribution is -2.18. The minimum absolute atomic E-state index is 0.0630. The lowest BCUT2D eigenvalue weighted by atomic mass is 9.85. The zero-order chi connectivity index (χ0) is 13.7. The van der Waals surface area contributed by atoms with Gasteiger partial charge in [-0.2, -0.15) is 0 Å². The number of hydrogen-bond donors (Lipinski definition) is 0. The van der Waals surface area contributed by atoms with Crippen molar-refractivity contribution in [1.82, 2.24) is 14.6 Å². The first-order chi connectivity index (χ1) is 8.12. The van der Waals surface area contributed by atoms with Crippen LogP contribution in [-0.4, -0.2) is 14.6 Å². The Kier molecular flexibility index (Phi) is 3.14. The molecule has 0 aliphatic rings. The molecule has 2 aromatic heterocycles. The van der Waals surface area contributed by atoms with Crippen LogP contribution in [0.4, 0.5) is 0 Å². The van der Waals surface area contributed by atoms with Gasteiger partial charge in [-0.15, -0.1) is 5.10 Å². The van der Waals surface area contributed by atoms with Crippen LogP contribution in [0.3, 0.4) is 0 Å². The fourth-order valence-electron chi connectivity index (χ4n) is 1.99. The molecule has 0 unspecified atom stereocenters. The van der Waals surface area contributed by atoms with Gasteiger partial charge in [0.05, 0.1) is 10.4 Å². The van der Waals surface area contributed by atoms with Crippen LogP contribution in [0, 0.1) is 0 Å². The molecule has 0 saturated heterocycles. The van der Waals surface area contributed by atoms with E-state index >= 15 is 0 Å². The molecule has 0 saturated carbocycles. The van der Waals surface area contributed by atoms with E-state index in [-0.39, 0.29) is 10.8 Å². The van der Waals surface area contributed by atoms with Crippen molar-refractivity contribution >= 4 is 33.4 Å². The Bertz CT molecular complexity index is 591. The summed E-state index contributed by atoms with van der Waals surface area (Å²) in [5.74, 6) is 0. The lowest BCUT2D eigenvalue weighted by molar-refractivity contribution is 0.566. The molecular weight excluding hydrogens is 266 g/mol. The van der Waals surface area contributed by atoms with Gasteiger partial charge in [-0.1, -0.05) is 57.6 Å². The monoisotopic (exact) mass is 283 g/mol. The van der Waals surface area contributed by atoms with Crippen LogP contribution in [0.25, 0.3) is 10.2 Å². The summed E-state index contributed by atoms with van der Waals surface area (Å²) in [6.07, 6.45) is 0. The maximum atomic E-state index is 6.38. The van der Waals surface area contributed by atoms with E-state index in [9.17, 15) is 0 Å². The molecule has 18 heavy (non-hydrogen) atoms. The molecule has 3 nitrogen and oxygen atoms in total. The highest BCUT2D eigenvalue weighted by Gasteiger charge is 2.29. The first kappa shape index (κ1) is 13.7. The van der Waals surface area contributed by atoms with E-state index in [4.69, 9.17) is 11.6 Å². The van der Waals surface area contributed by atoms with Crippen LogP contribution in [0.15, 0.2) is 0 Å². The van der Waals surface area contributed by atoms with E-state index in [1.165, 1.54) is 11.5 Å². The van der Waals surface area contributed by atoms with E-state index in [1.54, 1.807) is 0 Å². The van der Waals surface area contributed by atoms with Crippen molar-refractivity contribution in [3.05, 3.63) is 16.4 Å². The number of hydrogen-bond acceptors (Lipinski definition) is 4. The summed E-state index contributed by atoms with van der Waals surface area (Å²) < 4.78 is 5.14. The zero-order valence-corrected chi connectivity index (χ0v) is 13.2. The quantitative estimate of drug-likeness (QED) is 0.675. The second-order valence-electron chi connectivity index (χ2n) is 6.58. The number of rotatable bonds is 0. The Morgan fingerprint density at radius 2 is 1.61 bits per heavy atom. The Labute approximate surface area is 117 Å². The fraction of sp³-hybridized carbons (Fsp3) is 0.615. The highest BCUT2D eigenvalue weighted by molar-refractivity contribution is 7.13. The molecule has 0 aliphatic carbocycles. The molecule has 2 heterocycles. The molecule has 0 atom stereocenters. The van der Waals surface area contributed by atoms with Crippen LogP contribution < -0.4 is 0 Å². The van der Waals surface area contributed by atoms with Gasteiger partial charge in [-0.25, -0.2) is 4.98 Å². The van der Waals surface area contributed by atoms with E-state index in [1.807, 2.05) is 0 Å². The van der Waals surface area contributed by atoms with E-state index < -0.39 is 0 Å². The number of halogens is 1. The largest absolute Gasteiger partial charge is 0.239 e. The molecule has 0 fully saturated rings. The number of pyridine rings is 1. The first-order valence-electron chi connectivity index (χ1n) is 5.95. The third-order valence-electron chi connectivity index (χ3n) is 2.82. The van der Waals surface area contributed by atoms with Crippen molar-refractivity contribution in [1.29, 1.82) is 0 Å². The van der Waals surface area contributed by atoms with Crippen molar-refractivity contribution in [2.45, 2.75) is 52.4 Å². The number of aromatic nitrogens is 3. The normalized spacial score (nSPS) is 13.3. The van der Waals surface area contributed by atoms with Crippen molar-refractivity contribution in [3.63, 3.8) is 0 Å². The Morgan fingerprint density at radius 1 is 1.00 bits per heavy atom.